The van der Waals surface area contributed by atoms with Gasteiger partial charge in [-0.15, -0.1) is 0 Å². The van der Waals surface area contributed by atoms with Crippen LogP contribution in [0.15, 0.2) is 54.6 Å². The Labute approximate surface area is 135 Å². The van der Waals surface area contributed by atoms with Crippen molar-refractivity contribution >= 4 is 23.6 Å². The lowest BCUT2D eigenvalue weighted by Gasteiger charge is -2.13. The van der Waals surface area contributed by atoms with E-state index in [0.29, 0.717) is 17.0 Å². The molecule has 0 aliphatic carbocycles. The summed E-state index contributed by atoms with van der Waals surface area (Å²) in [4.78, 5) is 12.4. The largest absolute Gasteiger partial charge is 0.624 e. The zero-order valence-electron chi connectivity index (χ0n) is 12.4. The van der Waals surface area contributed by atoms with Crippen LogP contribution in [0.25, 0.3) is 0 Å². The molecule has 114 valence electrons. The fraction of sp³-hybridized carbons (Fsp3) is 0.222. The molecule has 0 radical (unpaired) electrons. The molecule has 1 atom stereocenters. The van der Waals surface area contributed by atoms with Gasteiger partial charge in [-0.05, 0) is 24.6 Å². The average Bonchev–Trinajstić information content (AvgIpc) is 2.53. The number of benzene rings is 2. The maximum atomic E-state index is 12.4. The van der Waals surface area contributed by atoms with Gasteiger partial charge in [0.05, 0.1) is 5.92 Å². The van der Waals surface area contributed by atoms with Crippen LogP contribution in [0.1, 0.15) is 29.3 Å². The van der Waals surface area contributed by atoms with Crippen molar-refractivity contribution in [3.05, 3.63) is 76.0 Å². The summed E-state index contributed by atoms with van der Waals surface area (Å²) in [5.74, 6) is -0.321. The number of nitrogens with zero attached hydrogens (tertiary/aromatic N) is 1. The third kappa shape index (κ3) is 4.43. The summed E-state index contributed by atoms with van der Waals surface area (Å²) in [6, 6.07) is 16.1. The van der Waals surface area contributed by atoms with Crippen molar-refractivity contribution in [2.45, 2.75) is 13.3 Å². The van der Waals surface area contributed by atoms with E-state index in [4.69, 9.17) is 11.6 Å². The zero-order valence-corrected chi connectivity index (χ0v) is 13.2. The van der Waals surface area contributed by atoms with Crippen molar-refractivity contribution in [2.24, 2.45) is 5.92 Å². The molecule has 2 rings (SSSR count). The molecule has 4 heteroatoms. The van der Waals surface area contributed by atoms with Crippen LogP contribution in [0.3, 0.4) is 0 Å². The molecule has 0 spiro atoms. The summed E-state index contributed by atoms with van der Waals surface area (Å²) in [5.41, 5.74) is 1.37. The molecule has 0 heterocycles. The van der Waals surface area contributed by atoms with E-state index in [2.05, 4.69) is 0 Å². The van der Waals surface area contributed by atoms with Gasteiger partial charge in [0.25, 0.3) is 0 Å². The Hall–Kier alpha value is -2.13. The van der Waals surface area contributed by atoms with E-state index in [0.717, 1.165) is 10.3 Å². The fourth-order valence-electron chi connectivity index (χ4n) is 2.26. The molecule has 0 saturated heterocycles. The first-order valence-corrected chi connectivity index (χ1v) is 7.61. The van der Waals surface area contributed by atoms with Crippen LogP contribution in [0.4, 0.5) is 0 Å². The minimum absolute atomic E-state index is 0.00319. The SMILES string of the molecule is CCC(C[N+]([O-])=Cc1cccc(Cl)c1)C(=O)c1ccccc1. The monoisotopic (exact) mass is 315 g/mol. The highest BCUT2D eigenvalue weighted by Crippen LogP contribution is 2.13. The molecule has 22 heavy (non-hydrogen) atoms. The molecular formula is C18H18ClNO2. The Morgan fingerprint density at radius 1 is 1.23 bits per heavy atom. The maximum absolute atomic E-state index is 12.4. The van der Waals surface area contributed by atoms with E-state index in [-0.39, 0.29) is 18.2 Å². The number of hydrogen-bond donors (Lipinski definition) is 0. The molecule has 0 aliphatic rings. The Balaban J connectivity index is 2.11. The number of hydrogen-bond acceptors (Lipinski definition) is 2. The quantitative estimate of drug-likeness (QED) is 0.264. The van der Waals surface area contributed by atoms with Gasteiger partial charge in [-0.3, -0.25) is 4.79 Å². The average molecular weight is 316 g/mol. The Kier molecular flexibility index (Phi) is 5.73. The van der Waals surface area contributed by atoms with Crippen molar-refractivity contribution in [2.75, 3.05) is 6.54 Å². The number of carbonyl (C=O) groups is 1. The normalized spacial score (nSPS) is 12.9. The van der Waals surface area contributed by atoms with Gasteiger partial charge in [0.15, 0.2) is 18.5 Å². The molecule has 0 aliphatic heterocycles. The smallest absolute Gasteiger partial charge is 0.181 e. The van der Waals surface area contributed by atoms with E-state index < -0.39 is 0 Å². The lowest BCUT2D eigenvalue weighted by molar-refractivity contribution is -0.458. The second-order valence-electron chi connectivity index (χ2n) is 5.12. The van der Waals surface area contributed by atoms with Crippen LogP contribution in [0.5, 0.6) is 0 Å². The second kappa shape index (κ2) is 7.76. The summed E-state index contributed by atoms with van der Waals surface area (Å²) in [6.45, 7) is 2.05. The van der Waals surface area contributed by atoms with Gasteiger partial charge in [-0.25, -0.2) is 4.74 Å². The van der Waals surface area contributed by atoms with Crippen LogP contribution in [0.2, 0.25) is 5.02 Å². The first-order valence-electron chi connectivity index (χ1n) is 7.23. The van der Waals surface area contributed by atoms with E-state index in [1.54, 1.807) is 36.4 Å². The predicted octanol–water partition coefficient (Wildman–Crippen LogP) is 4.18. The fourth-order valence-corrected chi connectivity index (χ4v) is 2.46. The van der Waals surface area contributed by atoms with Crippen molar-refractivity contribution in [3.8, 4) is 0 Å². The number of halogens is 1. The first kappa shape index (κ1) is 16.2. The van der Waals surface area contributed by atoms with Gasteiger partial charge in [0.2, 0.25) is 0 Å². The van der Waals surface area contributed by atoms with Gasteiger partial charge in [-0.1, -0.05) is 54.9 Å². The van der Waals surface area contributed by atoms with Crippen LogP contribution < -0.4 is 0 Å². The molecule has 2 aromatic rings. The zero-order chi connectivity index (χ0) is 15.9. The summed E-state index contributed by atoms with van der Waals surface area (Å²) in [5, 5.41) is 12.7. The van der Waals surface area contributed by atoms with Crippen molar-refractivity contribution in [3.63, 3.8) is 0 Å². The van der Waals surface area contributed by atoms with Crippen molar-refractivity contribution in [1.29, 1.82) is 0 Å². The topological polar surface area (TPSA) is 43.1 Å². The van der Waals surface area contributed by atoms with Crippen LogP contribution >= 0.6 is 11.6 Å². The van der Waals surface area contributed by atoms with Gasteiger partial charge in [0.1, 0.15) is 0 Å². The van der Waals surface area contributed by atoms with Crippen LogP contribution in [-0.2, 0) is 0 Å². The van der Waals surface area contributed by atoms with Gasteiger partial charge < -0.3 is 5.21 Å². The summed E-state index contributed by atoms with van der Waals surface area (Å²) < 4.78 is 0.806. The van der Waals surface area contributed by atoms with E-state index in [9.17, 15) is 10.0 Å². The second-order valence-corrected chi connectivity index (χ2v) is 5.56. The molecule has 1 unspecified atom stereocenters. The third-order valence-corrected chi connectivity index (χ3v) is 3.70. The minimum atomic E-state index is -0.324. The Bertz CT molecular complexity index is 668. The lowest BCUT2D eigenvalue weighted by atomic mass is 9.95. The van der Waals surface area contributed by atoms with Gasteiger partial charge >= 0.3 is 0 Å². The van der Waals surface area contributed by atoms with Crippen molar-refractivity contribution in [1.82, 2.24) is 0 Å². The van der Waals surface area contributed by atoms with E-state index in [1.165, 1.54) is 6.21 Å². The Morgan fingerprint density at radius 2 is 1.95 bits per heavy atom. The summed E-state index contributed by atoms with van der Waals surface area (Å²) in [7, 11) is 0. The lowest BCUT2D eigenvalue weighted by Crippen LogP contribution is -2.24. The maximum Gasteiger partial charge on any atom is 0.181 e. The number of rotatable bonds is 6. The van der Waals surface area contributed by atoms with E-state index in [1.807, 2.05) is 25.1 Å². The van der Waals surface area contributed by atoms with Crippen LogP contribution in [0, 0.1) is 11.1 Å². The minimum Gasteiger partial charge on any atom is -0.624 e. The molecule has 0 aromatic heterocycles. The molecular weight excluding hydrogens is 298 g/mol. The standard InChI is InChI=1S/C18H18ClNO2/c1-2-15(18(21)16-8-4-3-5-9-16)13-20(22)12-14-7-6-10-17(19)11-14/h3-12,15H,2,13H2,1H3. The molecule has 0 amide bonds. The number of hydroxylamine groups is 1. The molecule has 0 saturated carbocycles. The first-order chi connectivity index (χ1) is 10.6. The summed E-state index contributed by atoms with van der Waals surface area (Å²) >= 11 is 5.90. The van der Waals surface area contributed by atoms with Crippen molar-refractivity contribution < 1.29 is 9.53 Å². The number of ketones is 1. The Morgan fingerprint density at radius 3 is 2.59 bits per heavy atom. The highest BCUT2D eigenvalue weighted by atomic mass is 35.5. The van der Waals surface area contributed by atoms with Gasteiger partial charge in [-0.2, -0.15) is 0 Å². The predicted molar refractivity (Wildman–Crippen MR) is 89.7 cm³/mol. The number of Topliss-reactive ketones (excluding diaryl/α,β-unsaturated/α-hetero) is 1. The molecule has 3 nitrogen and oxygen atoms in total. The third-order valence-electron chi connectivity index (χ3n) is 3.46. The molecule has 0 bridgehead atoms. The molecule has 0 N–H and O–H groups in total. The molecule has 2 aromatic carbocycles. The highest BCUT2D eigenvalue weighted by molar-refractivity contribution is 6.30. The number of carbonyl (C=O) groups excluding carboxylic acids is 1. The highest BCUT2D eigenvalue weighted by Gasteiger charge is 2.21. The summed E-state index contributed by atoms with van der Waals surface area (Å²) in [6.07, 6.45) is 2.09. The van der Waals surface area contributed by atoms with E-state index >= 15 is 0 Å². The van der Waals surface area contributed by atoms with Crippen LogP contribution in [-0.4, -0.2) is 23.3 Å². The molecule has 0 fully saturated rings. The van der Waals surface area contributed by atoms with Gasteiger partial charge in [0, 0.05) is 16.1 Å².